The van der Waals surface area contributed by atoms with Gasteiger partial charge in [0.2, 0.25) is 0 Å². The highest BCUT2D eigenvalue weighted by molar-refractivity contribution is 14.1. The van der Waals surface area contributed by atoms with E-state index >= 15 is 0 Å². The minimum atomic E-state index is 0.413. The maximum Gasteiger partial charge on any atom is 0.0279 e. The molecule has 0 aromatic heterocycles. The Balaban J connectivity index is 1.95. The summed E-state index contributed by atoms with van der Waals surface area (Å²) in [7, 11) is 0. The van der Waals surface area contributed by atoms with Crippen LogP contribution < -0.4 is 11.3 Å². The van der Waals surface area contributed by atoms with E-state index in [9.17, 15) is 0 Å². The summed E-state index contributed by atoms with van der Waals surface area (Å²) in [5.74, 6) is 6.52. The fourth-order valence-corrected chi connectivity index (χ4v) is 3.42. The molecule has 1 fully saturated rings. The summed E-state index contributed by atoms with van der Waals surface area (Å²) in [6, 6.07) is 9.20. The van der Waals surface area contributed by atoms with Crippen LogP contribution >= 0.6 is 22.6 Å². The van der Waals surface area contributed by atoms with Crippen LogP contribution in [0.3, 0.4) is 0 Å². The topological polar surface area (TPSA) is 38.0 Å². The lowest BCUT2D eigenvalue weighted by atomic mass is 9.70. The van der Waals surface area contributed by atoms with Crippen molar-refractivity contribution in [3.05, 3.63) is 33.4 Å². The zero-order chi connectivity index (χ0) is 13.9. The van der Waals surface area contributed by atoms with E-state index in [1.807, 2.05) is 0 Å². The van der Waals surface area contributed by atoms with E-state index in [1.165, 1.54) is 34.8 Å². The van der Waals surface area contributed by atoms with Crippen LogP contribution in [0.25, 0.3) is 0 Å². The van der Waals surface area contributed by atoms with Crippen LogP contribution in [0.2, 0.25) is 0 Å². The second-order valence-electron chi connectivity index (χ2n) is 6.61. The third-order valence-corrected chi connectivity index (χ3v) is 5.25. The molecule has 0 aliphatic heterocycles. The molecule has 0 amide bonds. The molecule has 106 valence electrons. The van der Waals surface area contributed by atoms with Gasteiger partial charge in [0.1, 0.15) is 0 Å². The molecule has 1 aromatic carbocycles. The predicted molar refractivity (Wildman–Crippen MR) is 89.7 cm³/mol. The highest BCUT2D eigenvalue weighted by Crippen LogP contribution is 2.39. The van der Waals surface area contributed by atoms with Crippen molar-refractivity contribution in [2.75, 3.05) is 0 Å². The fourth-order valence-electron chi connectivity index (χ4n) is 3.06. The minimum absolute atomic E-state index is 0.413. The lowest BCUT2D eigenvalue weighted by molar-refractivity contribution is 0.161. The molecule has 2 nitrogen and oxygen atoms in total. The monoisotopic (exact) mass is 372 g/mol. The lowest BCUT2D eigenvalue weighted by Gasteiger charge is -2.37. The summed E-state index contributed by atoms with van der Waals surface area (Å²) in [4.78, 5) is 0. The van der Waals surface area contributed by atoms with Gasteiger partial charge in [-0.2, -0.15) is 0 Å². The molecule has 19 heavy (non-hydrogen) atoms. The molecule has 3 heteroatoms. The number of hydrogen-bond donors (Lipinski definition) is 2. The van der Waals surface area contributed by atoms with Crippen molar-refractivity contribution in [1.82, 2.24) is 5.43 Å². The minimum Gasteiger partial charge on any atom is -0.271 e. The molecule has 1 unspecified atom stereocenters. The highest BCUT2D eigenvalue weighted by Gasteiger charge is 2.30. The number of nitrogens with one attached hydrogen (secondary N) is 1. The largest absolute Gasteiger partial charge is 0.271 e. The molecular formula is C16H25IN2. The molecule has 0 radical (unpaired) electrons. The zero-order valence-corrected chi connectivity index (χ0v) is 14.1. The van der Waals surface area contributed by atoms with Gasteiger partial charge < -0.3 is 0 Å². The van der Waals surface area contributed by atoms with Crippen molar-refractivity contribution in [3.63, 3.8) is 0 Å². The molecule has 2 rings (SSSR count). The first-order chi connectivity index (χ1) is 9.00. The molecule has 0 bridgehead atoms. The van der Waals surface area contributed by atoms with E-state index < -0.39 is 0 Å². The summed E-state index contributed by atoms with van der Waals surface area (Å²) < 4.78 is 1.29. The van der Waals surface area contributed by atoms with Crippen LogP contribution in [0.1, 0.15) is 45.1 Å². The molecule has 1 aliphatic rings. The summed E-state index contributed by atoms with van der Waals surface area (Å²) in [6.07, 6.45) is 6.28. The quantitative estimate of drug-likeness (QED) is 0.478. The Morgan fingerprint density at radius 3 is 2.37 bits per heavy atom. The summed E-state index contributed by atoms with van der Waals surface area (Å²) in [5, 5.41) is 0. The van der Waals surface area contributed by atoms with Gasteiger partial charge in [0, 0.05) is 9.61 Å². The van der Waals surface area contributed by atoms with Crippen molar-refractivity contribution in [2.45, 2.75) is 52.0 Å². The normalized spacial score (nSPS) is 21.3. The number of benzene rings is 1. The summed E-state index contributed by atoms with van der Waals surface area (Å²) >= 11 is 2.35. The maximum atomic E-state index is 5.80. The van der Waals surface area contributed by atoms with Crippen molar-refractivity contribution < 1.29 is 0 Å². The summed E-state index contributed by atoms with van der Waals surface area (Å²) in [5.41, 5.74) is 4.97. The van der Waals surface area contributed by atoms with Crippen LogP contribution in [0.5, 0.6) is 0 Å². The molecule has 1 aliphatic carbocycles. The van der Waals surface area contributed by atoms with Gasteiger partial charge in [-0.1, -0.05) is 26.0 Å². The number of hydrogen-bond acceptors (Lipinski definition) is 2. The van der Waals surface area contributed by atoms with E-state index in [0.29, 0.717) is 11.5 Å². The molecular weight excluding hydrogens is 347 g/mol. The van der Waals surface area contributed by atoms with Crippen molar-refractivity contribution in [1.29, 1.82) is 0 Å². The molecule has 1 aromatic rings. The molecule has 0 heterocycles. The average molecular weight is 372 g/mol. The maximum absolute atomic E-state index is 5.80. The lowest BCUT2D eigenvalue weighted by Crippen LogP contribution is -2.44. The first-order valence-corrected chi connectivity index (χ1v) is 8.29. The van der Waals surface area contributed by atoms with Crippen LogP contribution in [0.15, 0.2) is 24.3 Å². The van der Waals surface area contributed by atoms with Gasteiger partial charge in [-0.15, -0.1) is 0 Å². The SMILES string of the molecule is CC1(C)CCC(C(Cc2ccc(I)cc2)NN)CC1. The van der Waals surface area contributed by atoms with Gasteiger partial charge in [-0.05, 0) is 83.7 Å². The van der Waals surface area contributed by atoms with Crippen LogP contribution in [0, 0.1) is 14.9 Å². The Bertz CT molecular complexity index is 390. The second-order valence-corrected chi connectivity index (χ2v) is 7.85. The fraction of sp³-hybridized carbons (Fsp3) is 0.625. The van der Waals surface area contributed by atoms with Crippen LogP contribution in [0.4, 0.5) is 0 Å². The van der Waals surface area contributed by atoms with E-state index in [2.05, 4.69) is 66.1 Å². The third kappa shape index (κ3) is 4.43. The zero-order valence-electron chi connectivity index (χ0n) is 12.0. The number of rotatable bonds is 4. The van der Waals surface area contributed by atoms with E-state index in [4.69, 9.17) is 5.84 Å². The highest BCUT2D eigenvalue weighted by atomic mass is 127. The number of halogens is 1. The van der Waals surface area contributed by atoms with Crippen LogP contribution in [-0.4, -0.2) is 6.04 Å². The smallest absolute Gasteiger partial charge is 0.0279 e. The van der Waals surface area contributed by atoms with Crippen molar-refractivity contribution in [3.8, 4) is 0 Å². The third-order valence-electron chi connectivity index (χ3n) is 4.54. The van der Waals surface area contributed by atoms with E-state index in [0.717, 1.165) is 12.3 Å². The van der Waals surface area contributed by atoms with Gasteiger partial charge >= 0.3 is 0 Å². The molecule has 0 saturated heterocycles. The van der Waals surface area contributed by atoms with Crippen molar-refractivity contribution >= 4 is 22.6 Å². The average Bonchev–Trinajstić information content (AvgIpc) is 2.39. The summed E-state index contributed by atoms with van der Waals surface area (Å²) in [6.45, 7) is 4.76. The first kappa shape index (κ1) is 15.3. The standard InChI is InChI=1S/C16H25IN2/c1-16(2)9-7-13(8-10-16)15(19-18)11-12-3-5-14(17)6-4-12/h3-6,13,15,19H,7-11,18H2,1-2H3. The van der Waals surface area contributed by atoms with E-state index in [-0.39, 0.29) is 0 Å². The van der Waals surface area contributed by atoms with Crippen molar-refractivity contribution in [2.24, 2.45) is 17.2 Å². The molecule has 1 atom stereocenters. The predicted octanol–water partition coefficient (Wildman–Crippen LogP) is 3.88. The second kappa shape index (κ2) is 6.55. The Hall–Kier alpha value is -0.130. The van der Waals surface area contributed by atoms with Gasteiger partial charge in [0.15, 0.2) is 0 Å². The van der Waals surface area contributed by atoms with Gasteiger partial charge in [0.25, 0.3) is 0 Å². The van der Waals surface area contributed by atoms with Crippen LogP contribution in [-0.2, 0) is 6.42 Å². The Morgan fingerprint density at radius 1 is 1.26 bits per heavy atom. The Labute approximate surface area is 130 Å². The van der Waals surface area contributed by atoms with Gasteiger partial charge in [-0.25, -0.2) is 0 Å². The van der Waals surface area contributed by atoms with Gasteiger partial charge in [0.05, 0.1) is 0 Å². The Morgan fingerprint density at radius 2 is 1.84 bits per heavy atom. The molecule has 1 saturated carbocycles. The first-order valence-electron chi connectivity index (χ1n) is 7.21. The Kier molecular flexibility index (Phi) is 5.26. The number of nitrogens with two attached hydrogens (primary N) is 1. The van der Waals surface area contributed by atoms with E-state index in [1.54, 1.807) is 0 Å². The molecule has 3 N–H and O–H groups in total. The molecule has 0 spiro atoms. The number of hydrazine groups is 1. The van der Waals surface area contributed by atoms with Gasteiger partial charge in [-0.3, -0.25) is 11.3 Å².